The summed E-state index contributed by atoms with van der Waals surface area (Å²) in [5.74, 6) is -1.40. The van der Waals surface area contributed by atoms with Crippen LogP contribution in [0.1, 0.15) is 50.0 Å². The number of carboxylic acid groups (broad SMARTS) is 1. The number of carboxylic acids is 1. The Kier molecular flexibility index (Phi) is 5.76. The van der Waals surface area contributed by atoms with Crippen LogP contribution in [0.25, 0.3) is 0 Å². The number of benzene rings is 1. The molecule has 0 aromatic heterocycles. The Morgan fingerprint density at radius 2 is 1.76 bits per heavy atom. The average molecular weight is 291 g/mol. The number of hydrogen-bond acceptors (Lipinski definition) is 3. The van der Waals surface area contributed by atoms with Crippen LogP contribution in [-0.4, -0.2) is 34.9 Å². The van der Waals surface area contributed by atoms with Crippen LogP contribution in [-0.2, 0) is 4.79 Å². The molecule has 0 spiro atoms. The summed E-state index contributed by atoms with van der Waals surface area (Å²) in [6, 6.07) is 9.25. The van der Waals surface area contributed by atoms with Gasteiger partial charge < -0.3 is 15.5 Å². The summed E-state index contributed by atoms with van der Waals surface area (Å²) in [5, 5.41) is 23.1. The van der Waals surface area contributed by atoms with Crippen molar-refractivity contribution in [3.05, 3.63) is 35.9 Å². The summed E-state index contributed by atoms with van der Waals surface area (Å²) in [7, 11) is 0. The quantitative estimate of drug-likeness (QED) is 0.704. The second-order valence-electron chi connectivity index (χ2n) is 6.07. The lowest BCUT2D eigenvalue weighted by Gasteiger charge is -2.27. The van der Waals surface area contributed by atoms with Gasteiger partial charge in [-0.15, -0.1) is 0 Å². The first-order chi connectivity index (χ1) is 10.1. The van der Waals surface area contributed by atoms with E-state index in [4.69, 9.17) is 0 Å². The van der Waals surface area contributed by atoms with Gasteiger partial charge in [-0.3, -0.25) is 4.79 Å². The molecule has 1 aromatic carbocycles. The van der Waals surface area contributed by atoms with E-state index in [0.29, 0.717) is 13.1 Å². The summed E-state index contributed by atoms with van der Waals surface area (Å²) in [6.45, 7) is 0.825. The molecule has 4 heteroatoms. The predicted molar refractivity (Wildman–Crippen MR) is 82.3 cm³/mol. The number of hydrogen-bond donors (Lipinski definition) is 3. The van der Waals surface area contributed by atoms with Gasteiger partial charge in [0.25, 0.3) is 0 Å². The van der Waals surface area contributed by atoms with E-state index >= 15 is 0 Å². The molecule has 0 amide bonds. The van der Waals surface area contributed by atoms with Crippen LogP contribution in [0, 0.1) is 0 Å². The van der Waals surface area contributed by atoms with Crippen molar-refractivity contribution in [3.63, 3.8) is 0 Å². The maximum atomic E-state index is 11.4. The minimum absolute atomic E-state index is 0.349. The van der Waals surface area contributed by atoms with Gasteiger partial charge in [0.2, 0.25) is 0 Å². The Balaban J connectivity index is 1.89. The van der Waals surface area contributed by atoms with Crippen molar-refractivity contribution in [1.29, 1.82) is 0 Å². The Morgan fingerprint density at radius 3 is 2.33 bits per heavy atom. The molecular weight excluding hydrogens is 266 g/mol. The lowest BCUT2D eigenvalue weighted by Crippen LogP contribution is -2.42. The molecule has 3 N–H and O–H groups in total. The SMILES string of the molecule is O=C(O)C(CNCC1(O)CCCCCC1)c1ccccc1. The van der Waals surface area contributed by atoms with Crippen molar-refractivity contribution >= 4 is 5.97 Å². The van der Waals surface area contributed by atoms with Gasteiger partial charge in [0.05, 0.1) is 11.5 Å². The first-order valence-corrected chi connectivity index (χ1v) is 7.82. The van der Waals surface area contributed by atoms with Crippen LogP contribution in [0.4, 0.5) is 0 Å². The van der Waals surface area contributed by atoms with Crippen LogP contribution >= 0.6 is 0 Å². The van der Waals surface area contributed by atoms with Crippen LogP contribution in [0.2, 0.25) is 0 Å². The molecule has 21 heavy (non-hydrogen) atoms. The third-order valence-corrected chi connectivity index (χ3v) is 4.34. The molecule has 1 unspecified atom stereocenters. The van der Waals surface area contributed by atoms with Crippen molar-refractivity contribution in [2.75, 3.05) is 13.1 Å². The minimum Gasteiger partial charge on any atom is -0.481 e. The number of rotatable bonds is 6. The predicted octanol–water partition coefficient (Wildman–Crippen LogP) is 2.53. The molecule has 0 saturated heterocycles. The lowest BCUT2D eigenvalue weighted by atomic mass is 9.93. The fourth-order valence-corrected chi connectivity index (χ4v) is 3.05. The van der Waals surface area contributed by atoms with Crippen LogP contribution in [0.5, 0.6) is 0 Å². The van der Waals surface area contributed by atoms with Crippen molar-refractivity contribution in [2.45, 2.75) is 50.0 Å². The van der Waals surface area contributed by atoms with Crippen molar-refractivity contribution in [2.24, 2.45) is 0 Å². The van der Waals surface area contributed by atoms with Crippen molar-refractivity contribution in [3.8, 4) is 0 Å². The van der Waals surface area contributed by atoms with Crippen LogP contribution in [0.15, 0.2) is 30.3 Å². The van der Waals surface area contributed by atoms with Gasteiger partial charge in [-0.1, -0.05) is 56.0 Å². The average Bonchev–Trinajstić information content (AvgIpc) is 2.69. The van der Waals surface area contributed by atoms with E-state index in [-0.39, 0.29) is 0 Å². The summed E-state index contributed by atoms with van der Waals surface area (Å²) in [6.07, 6.45) is 6.10. The second-order valence-corrected chi connectivity index (χ2v) is 6.07. The van der Waals surface area contributed by atoms with E-state index in [9.17, 15) is 15.0 Å². The summed E-state index contributed by atoms with van der Waals surface area (Å²) >= 11 is 0. The van der Waals surface area contributed by atoms with Gasteiger partial charge >= 0.3 is 5.97 Å². The highest BCUT2D eigenvalue weighted by atomic mass is 16.4. The molecule has 116 valence electrons. The molecule has 1 saturated carbocycles. The van der Waals surface area contributed by atoms with Gasteiger partial charge in [-0.25, -0.2) is 0 Å². The van der Waals surface area contributed by atoms with E-state index in [2.05, 4.69) is 5.32 Å². The van der Waals surface area contributed by atoms with Crippen LogP contribution < -0.4 is 5.32 Å². The van der Waals surface area contributed by atoms with E-state index < -0.39 is 17.5 Å². The van der Waals surface area contributed by atoms with Gasteiger partial charge in [-0.2, -0.15) is 0 Å². The summed E-state index contributed by atoms with van der Waals surface area (Å²) in [5.41, 5.74) is 0.126. The first kappa shape index (κ1) is 16.0. The molecular formula is C17H25NO3. The lowest BCUT2D eigenvalue weighted by molar-refractivity contribution is -0.138. The van der Waals surface area contributed by atoms with Crippen molar-refractivity contribution in [1.82, 2.24) is 5.32 Å². The molecule has 1 atom stereocenters. The van der Waals surface area contributed by atoms with E-state index in [1.54, 1.807) is 0 Å². The zero-order valence-corrected chi connectivity index (χ0v) is 12.4. The van der Waals surface area contributed by atoms with Gasteiger partial charge in [0, 0.05) is 13.1 Å². The fourth-order valence-electron chi connectivity index (χ4n) is 3.05. The standard InChI is InChI=1S/C17H25NO3/c19-16(20)15(14-8-4-3-5-9-14)12-18-13-17(21)10-6-1-2-7-11-17/h3-5,8-9,15,18,21H,1-2,6-7,10-13H2,(H,19,20). The van der Waals surface area contributed by atoms with E-state index in [0.717, 1.165) is 31.2 Å². The normalized spacial score (nSPS) is 19.7. The topological polar surface area (TPSA) is 69.6 Å². The fraction of sp³-hybridized carbons (Fsp3) is 0.588. The Morgan fingerprint density at radius 1 is 1.14 bits per heavy atom. The number of carbonyl (C=O) groups is 1. The Labute approximate surface area is 126 Å². The highest BCUT2D eigenvalue weighted by Gasteiger charge is 2.28. The highest BCUT2D eigenvalue weighted by molar-refractivity contribution is 5.76. The zero-order valence-electron chi connectivity index (χ0n) is 12.4. The largest absolute Gasteiger partial charge is 0.481 e. The van der Waals surface area contributed by atoms with E-state index in [1.807, 2.05) is 30.3 Å². The second kappa shape index (κ2) is 7.57. The highest BCUT2D eigenvalue weighted by Crippen LogP contribution is 2.26. The van der Waals surface area contributed by atoms with Gasteiger partial charge in [0.1, 0.15) is 0 Å². The first-order valence-electron chi connectivity index (χ1n) is 7.82. The molecule has 0 aliphatic heterocycles. The molecule has 1 fully saturated rings. The maximum Gasteiger partial charge on any atom is 0.312 e. The smallest absolute Gasteiger partial charge is 0.312 e. The third-order valence-electron chi connectivity index (χ3n) is 4.34. The van der Waals surface area contributed by atoms with Gasteiger partial charge in [0.15, 0.2) is 0 Å². The molecule has 1 aliphatic rings. The minimum atomic E-state index is -0.832. The molecule has 1 aliphatic carbocycles. The third kappa shape index (κ3) is 4.83. The number of aliphatic carboxylic acids is 1. The monoisotopic (exact) mass is 291 g/mol. The van der Waals surface area contributed by atoms with Crippen molar-refractivity contribution < 1.29 is 15.0 Å². The summed E-state index contributed by atoms with van der Waals surface area (Å²) in [4.78, 5) is 11.4. The zero-order chi connectivity index (χ0) is 15.1. The number of nitrogens with one attached hydrogen (secondary N) is 1. The molecule has 0 radical (unpaired) electrons. The Hall–Kier alpha value is -1.39. The Bertz CT molecular complexity index is 439. The molecule has 2 rings (SSSR count). The number of aliphatic hydroxyl groups is 1. The molecule has 1 aromatic rings. The molecule has 4 nitrogen and oxygen atoms in total. The maximum absolute atomic E-state index is 11.4. The van der Waals surface area contributed by atoms with Crippen LogP contribution in [0.3, 0.4) is 0 Å². The van der Waals surface area contributed by atoms with E-state index in [1.165, 1.54) is 12.8 Å². The van der Waals surface area contributed by atoms with Gasteiger partial charge in [-0.05, 0) is 18.4 Å². The molecule has 0 heterocycles. The molecule has 0 bridgehead atoms. The summed E-state index contributed by atoms with van der Waals surface area (Å²) < 4.78 is 0.